The number of anilines is 1. The van der Waals surface area contributed by atoms with Crippen LogP contribution in [0.4, 0.5) is 5.13 Å². The zero-order valence-corrected chi connectivity index (χ0v) is 14.3. The van der Waals surface area contributed by atoms with Crippen molar-refractivity contribution in [2.75, 3.05) is 37.6 Å². The Morgan fingerprint density at radius 3 is 2.65 bits per heavy atom. The number of nitrogens with two attached hydrogens (primary N) is 1. The summed E-state index contributed by atoms with van der Waals surface area (Å²) in [6.45, 7) is 4.80. The van der Waals surface area contributed by atoms with E-state index in [1.165, 1.54) is 4.88 Å². The number of hydrogen-bond acceptors (Lipinski definition) is 6. The first-order valence-corrected chi connectivity index (χ1v) is 9.15. The summed E-state index contributed by atoms with van der Waals surface area (Å²) < 4.78 is 1.15. The largest absolute Gasteiger partial charge is 0.346 e. The molecule has 7 heteroatoms. The van der Waals surface area contributed by atoms with E-state index in [4.69, 9.17) is 5.73 Å². The van der Waals surface area contributed by atoms with E-state index in [0.717, 1.165) is 35.8 Å². The van der Waals surface area contributed by atoms with Gasteiger partial charge < -0.3 is 10.6 Å². The molecule has 0 spiro atoms. The fourth-order valence-electron chi connectivity index (χ4n) is 2.55. The molecule has 2 aromatic rings. The summed E-state index contributed by atoms with van der Waals surface area (Å²) >= 11 is 7.02. The minimum atomic E-state index is 0.338. The highest BCUT2D eigenvalue weighted by Gasteiger charge is 2.25. The molecule has 0 amide bonds. The van der Waals surface area contributed by atoms with E-state index in [2.05, 4.69) is 42.2 Å². The molecule has 1 unspecified atom stereocenters. The van der Waals surface area contributed by atoms with Gasteiger partial charge >= 0.3 is 0 Å². The molecule has 1 saturated heterocycles. The van der Waals surface area contributed by atoms with Gasteiger partial charge in [0.2, 0.25) is 0 Å². The van der Waals surface area contributed by atoms with Gasteiger partial charge in [-0.1, -0.05) is 0 Å². The standard InChI is InChI=1S/C13H17BrN4S2/c14-10-7-12(20-9-10)11(8-15)17-2-4-18(5-3-17)13-16-1-6-19-13/h1,6-7,9,11H,2-5,8,15H2. The van der Waals surface area contributed by atoms with Crippen LogP contribution in [0.25, 0.3) is 0 Å². The van der Waals surface area contributed by atoms with Crippen LogP contribution >= 0.6 is 38.6 Å². The molecule has 0 bridgehead atoms. The molecule has 0 aromatic carbocycles. The summed E-state index contributed by atoms with van der Waals surface area (Å²) in [5.41, 5.74) is 6.00. The molecule has 3 rings (SSSR count). The van der Waals surface area contributed by atoms with Gasteiger partial charge in [-0.3, -0.25) is 4.90 Å². The third-order valence-corrected chi connectivity index (χ3v) is 6.21. The third-order valence-electron chi connectivity index (χ3n) is 3.58. The molecular weight excluding hydrogens is 356 g/mol. The average molecular weight is 373 g/mol. The van der Waals surface area contributed by atoms with Crippen molar-refractivity contribution < 1.29 is 0 Å². The number of rotatable bonds is 4. The van der Waals surface area contributed by atoms with Crippen LogP contribution in [0.5, 0.6) is 0 Å². The Balaban J connectivity index is 1.64. The summed E-state index contributed by atoms with van der Waals surface area (Å²) in [6.07, 6.45) is 1.87. The second kappa shape index (κ2) is 6.53. The molecule has 0 aliphatic carbocycles. The van der Waals surface area contributed by atoms with Crippen molar-refractivity contribution in [2.45, 2.75) is 6.04 Å². The molecule has 1 atom stereocenters. The van der Waals surface area contributed by atoms with Gasteiger partial charge in [0.05, 0.1) is 6.04 Å². The van der Waals surface area contributed by atoms with Crippen molar-refractivity contribution in [3.05, 3.63) is 32.4 Å². The first-order chi connectivity index (χ1) is 9.78. The van der Waals surface area contributed by atoms with E-state index >= 15 is 0 Å². The quantitative estimate of drug-likeness (QED) is 0.895. The van der Waals surface area contributed by atoms with E-state index < -0.39 is 0 Å². The van der Waals surface area contributed by atoms with Crippen molar-refractivity contribution in [1.82, 2.24) is 9.88 Å². The molecular formula is C13H17BrN4S2. The maximum absolute atomic E-state index is 6.00. The highest BCUT2D eigenvalue weighted by Crippen LogP contribution is 2.30. The minimum absolute atomic E-state index is 0.338. The summed E-state index contributed by atoms with van der Waals surface area (Å²) in [7, 11) is 0. The van der Waals surface area contributed by atoms with Crippen LogP contribution < -0.4 is 10.6 Å². The molecule has 2 N–H and O–H groups in total. The zero-order valence-electron chi connectivity index (χ0n) is 11.0. The molecule has 4 nitrogen and oxygen atoms in total. The van der Waals surface area contributed by atoms with Crippen LogP contribution in [0.2, 0.25) is 0 Å². The number of hydrogen-bond donors (Lipinski definition) is 1. The molecule has 108 valence electrons. The van der Waals surface area contributed by atoms with E-state index in [9.17, 15) is 0 Å². The summed E-state index contributed by atoms with van der Waals surface area (Å²) in [4.78, 5) is 10.6. The fraction of sp³-hybridized carbons (Fsp3) is 0.462. The Morgan fingerprint density at radius 1 is 1.30 bits per heavy atom. The number of thiazole rings is 1. The van der Waals surface area contributed by atoms with Crippen molar-refractivity contribution >= 4 is 43.7 Å². The SMILES string of the molecule is NCC(c1cc(Br)cs1)N1CCN(c2nccs2)CC1. The van der Waals surface area contributed by atoms with Crippen molar-refractivity contribution in [3.8, 4) is 0 Å². The first-order valence-electron chi connectivity index (χ1n) is 6.60. The Morgan fingerprint density at radius 2 is 2.10 bits per heavy atom. The van der Waals surface area contributed by atoms with Gasteiger partial charge in [-0.15, -0.1) is 22.7 Å². The maximum Gasteiger partial charge on any atom is 0.185 e. The van der Waals surface area contributed by atoms with Crippen molar-refractivity contribution in [2.24, 2.45) is 5.73 Å². The topological polar surface area (TPSA) is 45.4 Å². The van der Waals surface area contributed by atoms with Crippen LogP contribution in [-0.2, 0) is 0 Å². The van der Waals surface area contributed by atoms with Gasteiger partial charge in [0.1, 0.15) is 0 Å². The maximum atomic E-state index is 6.00. The molecule has 20 heavy (non-hydrogen) atoms. The average Bonchev–Trinajstić information content (AvgIpc) is 3.12. The van der Waals surface area contributed by atoms with Gasteiger partial charge in [0.25, 0.3) is 0 Å². The number of thiophene rings is 1. The van der Waals surface area contributed by atoms with Gasteiger partial charge in [0.15, 0.2) is 5.13 Å². The van der Waals surface area contributed by atoms with Gasteiger partial charge in [-0.05, 0) is 22.0 Å². The Bertz CT molecular complexity index is 534. The Hall–Kier alpha value is -0.470. The molecule has 0 saturated carbocycles. The predicted molar refractivity (Wildman–Crippen MR) is 89.7 cm³/mol. The van der Waals surface area contributed by atoms with Gasteiger partial charge in [-0.2, -0.15) is 0 Å². The monoisotopic (exact) mass is 372 g/mol. The lowest BCUT2D eigenvalue weighted by atomic mass is 10.1. The zero-order chi connectivity index (χ0) is 13.9. The minimum Gasteiger partial charge on any atom is -0.346 e. The summed E-state index contributed by atoms with van der Waals surface area (Å²) in [5, 5.41) is 5.30. The van der Waals surface area contributed by atoms with Crippen molar-refractivity contribution in [1.29, 1.82) is 0 Å². The smallest absolute Gasteiger partial charge is 0.185 e. The molecule has 2 aromatic heterocycles. The van der Waals surface area contributed by atoms with Crippen LogP contribution in [0.15, 0.2) is 27.5 Å². The highest BCUT2D eigenvalue weighted by molar-refractivity contribution is 9.10. The summed E-state index contributed by atoms with van der Waals surface area (Å²) in [6, 6.07) is 2.53. The van der Waals surface area contributed by atoms with E-state index in [-0.39, 0.29) is 0 Å². The highest BCUT2D eigenvalue weighted by atomic mass is 79.9. The Labute approximate surface area is 135 Å². The number of piperazine rings is 1. The summed E-state index contributed by atoms with van der Waals surface area (Å²) in [5.74, 6) is 0. The van der Waals surface area contributed by atoms with Crippen LogP contribution in [-0.4, -0.2) is 42.6 Å². The van der Waals surface area contributed by atoms with E-state index in [1.807, 2.05) is 11.6 Å². The van der Waals surface area contributed by atoms with Gasteiger partial charge in [0, 0.05) is 59.0 Å². The van der Waals surface area contributed by atoms with Crippen molar-refractivity contribution in [3.63, 3.8) is 0 Å². The van der Waals surface area contributed by atoms with Crippen LogP contribution in [0.1, 0.15) is 10.9 Å². The molecule has 1 fully saturated rings. The first kappa shape index (κ1) is 14.5. The van der Waals surface area contributed by atoms with Gasteiger partial charge in [-0.25, -0.2) is 4.98 Å². The van der Waals surface area contributed by atoms with Crippen LogP contribution in [0, 0.1) is 0 Å². The molecule has 1 aliphatic rings. The molecule has 0 radical (unpaired) electrons. The number of halogens is 1. The normalized spacial score (nSPS) is 18.4. The number of nitrogens with zero attached hydrogens (tertiary/aromatic N) is 3. The second-order valence-electron chi connectivity index (χ2n) is 4.76. The molecule has 1 aliphatic heterocycles. The lowest BCUT2D eigenvalue weighted by Gasteiger charge is -2.38. The lowest BCUT2D eigenvalue weighted by molar-refractivity contribution is 0.193. The van der Waals surface area contributed by atoms with E-state index in [1.54, 1.807) is 22.7 Å². The van der Waals surface area contributed by atoms with E-state index in [0.29, 0.717) is 12.6 Å². The fourth-order valence-corrected chi connectivity index (χ4v) is 4.83. The van der Waals surface area contributed by atoms with Crippen LogP contribution in [0.3, 0.4) is 0 Å². The third kappa shape index (κ3) is 3.07. The lowest BCUT2D eigenvalue weighted by Crippen LogP contribution is -2.48. The Kier molecular flexibility index (Phi) is 4.72. The number of aromatic nitrogens is 1. The predicted octanol–water partition coefficient (Wildman–Crippen LogP) is 2.79. The molecule has 3 heterocycles. The second-order valence-corrected chi connectivity index (χ2v) is 7.49.